The summed E-state index contributed by atoms with van der Waals surface area (Å²) >= 11 is 0. The van der Waals surface area contributed by atoms with Crippen LogP contribution in [0.25, 0.3) is 0 Å². The topological polar surface area (TPSA) is 211 Å². The van der Waals surface area contributed by atoms with E-state index in [0.717, 1.165) is 4.90 Å². The number of carbonyl (C=O) groups excluding carboxylic acids is 4. The number of fused-ring (bicyclic) bond motifs is 1. The number of ether oxygens (including phenoxy) is 5. The van der Waals surface area contributed by atoms with Gasteiger partial charge in [-0.15, -0.1) is 6.58 Å². The Balaban J connectivity index is 1.21. The molecule has 2 heterocycles. The summed E-state index contributed by atoms with van der Waals surface area (Å²) in [6.07, 6.45) is -1.72. The molecule has 4 amide bonds. The fraction of sp³-hybridized carbons (Fsp3) is 0.538. The average Bonchev–Trinajstić information content (AvgIpc) is 3.45. The zero-order valence-electron chi connectivity index (χ0n) is 33.0. The first-order valence-corrected chi connectivity index (χ1v) is 20.4. The molecule has 2 aliphatic heterocycles. The smallest absolute Gasteiger partial charge is 0.411 e. The number of likely N-dealkylation sites (tertiary alicyclic amines) is 1. The summed E-state index contributed by atoms with van der Waals surface area (Å²) in [7, 11) is -3.12. The second-order valence-electron chi connectivity index (χ2n) is 15.2. The summed E-state index contributed by atoms with van der Waals surface area (Å²) < 4.78 is 70.6. The second-order valence-corrected chi connectivity index (χ2v) is 16.9. The number of anilines is 1. The number of hydrogen-bond acceptors (Lipinski definition) is 13. The molecule has 17 nitrogen and oxygen atoms in total. The molecule has 0 spiro atoms. The van der Waals surface area contributed by atoms with Gasteiger partial charge in [0.05, 0.1) is 32.0 Å². The van der Waals surface area contributed by atoms with Crippen molar-refractivity contribution in [3.8, 4) is 0 Å². The monoisotopic (exact) mass is 833 g/mol. The lowest BCUT2D eigenvalue weighted by atomic mass is 10.1. The predicted molar refractivity (Wildman–Crippen MR) is 206 cm³/mol. The number of methoxy groups -OCH3 is 1. The minimum absolute atomic E-state index is 0.00817. The van der Waals surface area contributed by atoms with Crippen molar-refractivity contribution in [1.29, 1.82) is 0 Å². The molecule has 318 valence electrons. The number of aliphatic hydroxyl groups excluding tert-OH is 1. The molecule has 1 unspecified atom stereocenters. The summed E-state index contributed by atoms with van der Waals surface area (Å²) in [5, 5.41) is 15.0. The van der Waals surface area contributed by atoms with Gasteiger partial charge in [-0.2, -0.15) is 0 Å². The largest absolute Gasteiger partial charge is 0.444 e. The van der Waals surface area contributed by atoms with Crippen LogP contribution in [-0.4, -0.2) is 124 Å². The Kier molecular flexibility index (Phi) is 14.4. The maximum absolute atomic E-state index is 14.4. The van der Waals surface area contributed by atoms with E-state index in [9.17, 15) is 37.1 Å². The van der Waals surface area contributed by atoms with E-state index in [1.807, 2.05) is 0 Å². The maximum Gasteiger partial charge on any atom is 0.411 e. The molecule has 2 fully saturated rings. The van der Waals surface area contributed by atoms with Crippen LogP contribution in [0.1, 0.15) is 51.2 Å². The number of rotatable bonds is 18. The number of amides is 4. The molecule has 1 saturated carbocycles. The number of nitrogens with one attached hydrogen (secondary N) is 3. The highest BCUT2D eigenvalue weighted by molar-refractivity contribution is 7.90. The standard InChI is InChI=1S/C39H52FN5O12S/c1-6-26-20-39(26,35(48)43-58(51,52)32-14-8-7-13-30(32)41-15-18-54-16-10-17-55-24-33(46)53-5)42-34(47)31-19-27(22-45(31)37(50)57-38(2,3)4)56-36(49)44-21-25-11-9-12-29(40)28(25)23-44/h6-9,11-14,26-27,31,33,41,46H,1,10,15-24H2,2-5H3,(H,42,47)(H,43,48)/t26-,27-,31+,33?,39-/m1/s1. The van der Waals surface area contributed by atoms with Crippen molar-refractivity contribution in [2.24, 2.45) is 5.92 Å². The summed E-state index contributed by atoms with van der Waals surface area (Å²) in [6.45, 7) is 9.80. The van der Waals surface area contributed by atoms with Crippen molar-refractivity contribution in [2.75, 3.05) is 51.9 Å². The Bertz CT molecular complexity index is 1940. The van der Waals surface area contributed by atoms with Crippen LogP contribution in [-0.2, 0) is 56.4 Å². The highest BCUT2D eigenvalue weighted by Gasteiger charge is 2.61. The molecule has 5 atom stereocenters. The first-order valence-electron chi connectivity index (χ1n) is 18.9. The van der Waals surface area contributed by atoms with Crippen LogP contribution in [0, 0.1) is 11.7 Å². The van der Waals surface area contributed by atoms with E-state index >= 15 is 0 Å². The quantitative estimate of drug-likeness (QED) is 0.0969. The number of hydrogen-bond donors (Lipinski definition) is 4. The van der Waals surface area contributed by atoms with Crippen LogP contribution in [0.2, 0.25) is 0 Å². The number of nitrogens with zero attached hydrogens (tertiary/aromatic N) is 2. The molecule has 2 aromatic carbocycles. The third-order valence-corrected chi connectivity index (χ3v) is 11.2. The van der Waals surface area contributed by atoms with E-state index < -0.39 is 75.3 Å². The average molecular weight is 834 g/mol. The van der Waals surface area contributed by atoms with Gasteiger partial charge in [-0.25, -0.2) is 27.1 Å². The molecule has 1 aliphatic carbocycles. The lowest BCUT2D eigenvalue weighted by molar-refractivity contribution is -0.131. The number of sulfonamides is 1. The molecule has 58 heavy (non-hydrogen) atoms. The molecule has 0 bridgehead atoms. The molecule has 2 aromatic rings. The molecule has 1 saturated heterocycles. The molecular weight excluding hydrogens is 782 g/mol. The Morgan fingerprint density at radius 2 is 1.79 bits per heavy atom. The van der Waals surface area contributed by atoms with Gasteiger partial charge in [0.2, 0.25) is 5.91 Å². The van der Waals surface area contributed by atoms with E-state index in [1.165, 1.54) is 42.4 Å². The zero-order valence-corrected chi connectivity index (χ0v) is 33.8. The van der Waals surface area contributed by atoms with Crippen LogP contribution in [0.3, 0.4) is 0 Å². The van der Waals surface area contributed by atoms with Crippen molar-refractivity contribution in [3.05, 3.63) is 72.1 Å². The minimum Gasteiger partial charge on any atom is -0.444 e. The summed E-state index contributed by atoms with van der Waals surface area (Å²) in [4.78, 5) is 56.7. The Morgan fingerprint density at radius 1 is 1.05 bits per heavy atom. The van der Waals surface area contributed by atoms with Gasteiger partial charge in [0.1, 0.15) is 34.0 Å². The van der Waals surface area contributed by atoms with Crippen LogP contribution in [0.5, 0.6) is 0 Å². The van der Waals surface area contributed by atoms with Gasteiger partial charge in [-0.1, -0.05) is 30.3 Å². The molecule has 0 aromatic heterocycles. The number of aliphatic hydroxyl groups is 1. The van der Waals surface area contributed by atoms with E-state index in [-0.39, 0.29) is 62.8 Å². The van der Waals surface area contributed by atoms with Crippen molar-refractivity contribution in [2.45, 2.75) is 87.6 Å². The number of carbonyl (C=O) groups is 4. The third-order valence-electron chi connectivity index (χ3n) is 9.77. The van der Waals surface area contributed by atoms with Gasteiger partial charge in [-0.3, -0.25) is 19.4 Å². The third kappa shape index (κ3) is 11.0. The highest BCUT2D eigenvalue weighted by Crippen LogP contribution is 2.45. The highest BCUT2D eigenvalue weighted by atomic mass is 32.2. The molecule has 4 N–H and O–H groups in total. The van der Waals surface area contributed by atoms with Gasteiger partial charge in [0.25, 0.3) is 15.9 Å². The van der Waals surface area contributed by atoms with Crippen LogP contribution < -0.4 is 15.4 Å². The molecule has 3 aliphatic rings. The predicted octanol–water partition coefficient (Wildman–Crippen LogP) is 3.02. The second kappa shape index (κ2) is 18.8. The summed E-state index contributed by atoms with van der Waals surface area (Å²) in [5.74, 6) is -2.88. The van der Waals surface area contributed by atoms with Crippen molar-refractivity contribution in [3.63, 3.8) is 0 Å². The van der Waals surface area contributed by atoms with Crippen molar-refractivity contribution < 1.29 is 60.8 Å². The van der Waals surface area contributed by atoms with E-state index in [0.29, 0.717) is 30.8 Å². The fourth-order valence-corrected chi connectivity index (χ4v) is 7.93. The van der Waals surface area contributed by atoms with Gasteiger partial charge in [0.15, 0.2) is 6.29 Å². The minimum atomic E-state index is -4.49. The van der Waals surface area contributed by atoms with Gasteiger partial charge in [0, 0.05) is 51.3 Å². The molecular formula is C39H52FN5O12S. The SMILES string of the molecule is C=C[C@@H]1C[C@]1(NC(=O)[C@@H]1C[C@@H](OC(=O)N2Cc3cccc(F)c3C2)CN1C(=O)OC(C)(C)C)C(=O)NS(=O)(=O)c1ccccc1NCCOCCCOCC(O)OC. The van der Waals surface area contributed by atoms with Gasteiger partial charge in [-0.05, 0) is 57.4 Å². The molecule has 0 radical (unpaired) electrons. The normalized spacial score (nSPS) is 21.8. The van der Waals surface area contributed by atoms with Gasteiger partial charge >= 0.3 is 12.2 Å². The van der Waals surface area contributed by atoms with E-state index in [4.69, 9.17) is 23.7 Å². The summed E-state index contributed by atoms with van der Waals surface area (Å²) in [6, 6.07) is 9.28. The molecule has 19 heteroatoms. The summed E-state index contributed by atoms with van der Waals surface area (Å²) in [5.41, 5.74) is -1.43. The Hall–Kier alpha value is -4.82. The van der Waals surface area contributed by atoms with Crippen LogP contribution in [0.15, 0.2) is 60.0 Å². The first kappa shape index (κ1) is 44.3. The van der Waals surface area contributed by atoms with Crippen LogP contribution >= 0.6 is 0 Å². The first-order chi connectivity index (χ1) is 27.5. The lowest BCUT2D eigenvalue weighted by Gasteiger charge is -2.29. The van der Waals surface area contributed by atoms with Crippen molar-refractivity contribution >= 4 is 39.7 Å². The lowest BCUT2D eigenvalue weighted by Crippen LogP contribution is -2.56. The van der Waals surface area contributed by atoms with E-state index in [1.54, 1.807) is 39.0 Å². The Labute approximate surface area is 337 Å². The number of para-hydroxylation sites is 1. The molecule has 5 rings (SSSR count). The van der Waals surface area contributed by atoms with Gasteiger partial charge < -0.3 is 39.4 Å². The van der Waals surface area contributed by atoms with Crippen molar-refractivity contribution in [1.82, 2.24) is 19.8 Å². The van der Waals surface area contributed by atoms with E-state index in [2.05, 4.69) is 21.9 Å². The maximum atomic E-state index is 14.4. The Morgan fingerprint density at radius 3 is 2.48 bits per heavy atom. The number of benzene rings is 2. The zero-order chi connectivity index (χ0) is 42.3. The fourth-order valence-electron chi connectivity index (χ4n) is 6.71. The number of halogens is 1. The van der Waals surface area contributed by atoms with Crippen LogP contribution in [0.4, 0.5) is 19.7 Å².